The first kappa shape index (κ1) is 11.5. The number of carbonyl (C=O) groups is 1. The topological polar surface area (TPSA) is 66.8 Å². The molecule has 96 valence electrons. The fourth-order valence-corrected chi connectivity index (χ4v) is 4.52. The third kappa shape index (κ3) is 1.40. The summed E-state index contributed by atoms with van der Waals surface area (Å²) in [6.07, 6.45) is 4.73. The van der Waals surface area contributed by atoms with Gasteiger partial charge in [0.25, 0.3) is 0 Å². The van der Waals surface area contributed by atoms with Crippen molar-refractivity contribution in [2.75, 3.05) is 13.2 Å². The van der Waals surface area contributed by atoms with Crippen LogP contribution in [-0.2, 0) is 9.53 Å². The Hall–Kier alpha value is -0.610. The van der Waals surface area contributed by atoms with Crippen LogP contribution in [0.1, 0.15) is 38.5 Å². The van der Waals surface area contributed by atoms with Gasteiger partial charge < -0.3 is 14.9 Å². The maximum Gasteiger partial charge on any atom is 0.312 e. The fourth-order valence-electron chi connectivity index (χ4n) is 4.52. The number of rotatable bonds is 2. The molecular weight excluding hydrogens is 220 g/mol. The molecule has 2 bridgehead atoms. The van der Waals surface area contributed by atoms with Crippen molar-refractivity contribution >= 4 is 5.97 Å². The van der Waals surface area contributed by atoms with Crippen LogP contribution in [0, 0.1) is 17.3 Å². The SMILES string of the molecule is O=C(O)C1(C2(O)CCOCC2)CC2CCC1C2. The van der Waals surface area contributed by atoms with Crippen molar-refractivity contribution in [2.24, 2.45) is 17.3 Å². The van der Waals surface area contributed by atoms with Gasteiger partial charge in [0.15, 0.2) is 0 Å². The van der Waals surface area contributed by atoms with E-state index in [-0.39, 0.29) is 5.92 Å². The van der Waals surface area contributed by atoms with Crippen LogP contribution in [-0.4, -0.2) is 35.0 Å². The Kier molecular flexibility index (Phi) is 2.49. The second-order valence-corrected chi connectivity index (χ2v) is 6.00. The van der Waals surface area contributed by atoms with E-state index in [0.717, 1.165) is 19.3 Å². The lowest BCUT2D eigenvalue weighted by Crippen LogP contribution is -2.58. The largest absolute Gasteiger partial charge is 0.481 e. The zero-order valence-corrected chi connectivity index (χ0v) is 10.0. The molecule has 0 aromatic heterocycles. The monoisotopic (exact) mass is 240 g/mol. The molecule has 0 aromatic rings. The van der Waals surface area contributed by atoms with Gasteiger partial charge in [-0.25, -0.2) is 0 Å². The van der Waals surface area contributed by atoms with Gasteiger partial charge in [-0.1, -0.05) is 6.42 Å². The van der Waals surface area contributed by atoms with E-state index in [9.17, 15) is 15.0 Å². The molecule has 1 saturated heterocycles. The van der Waals surface area contributed by atoms with Gasteiger partial charge in [0.1, 0.15) is 0 Å². The summed E-state index contributed by atoms with van der Waals surface area (Å²) in [4.78, 5) is 11.8. The molecule has 3 atom stereocenters. The highest BCUT2D eigenvalue weighted by Gasteiger charge is 2.65. The van der Waals surface area contributed by atoms with Crippen LogP contribution >= 0.6 is 0 Å². The zero-order chi connectivity index (χ0) is 12.1. The number of ether oxygens (including phenoxy) is 1. The third-order valence-corrected chi connectivity index (χ3v) is 5.38. The highest BCUT2D eigenvalue weighted by Crippen LogP contribution is 2.62. The summed E-state index contributed by atoms with van der Waals surface area (Å²) < 4.78 is 5.28. The second-order valence-electron chi connectivity index (χ2n) is 6.00. The van der Waals surface area contributed by atoms with Crippen molar-refractivity contribution in [3.05, 3.63) is 0 Å². The molecular formula is C13H20O4. The molecule has 4 nitrogen and oxygen atoms in total. The number of carboxylic acids is 1. The number of hydrogen-bond donors (Lipinski definition) is 2. The molecule has 0 aromatic carbocycles. The summed E-state index contributed by atoms with van der Waals surface area (Å²) in [7, 11) is 0. The first-order valence-corrected chi connectivity index (χ1v) is 6.62. The number of carboxylic acid groups (broad SMARTS) is 1. The first-order chi connectivity index (χ1) is 8.08. The lowest BCUT2D eigenvalue weighted by Gasteiger charge is -2.48. The fraction of sp³-hybridized carbons (Fsp3) is 0.923. The molecule has 2 aliphatic carbocycles. The average molecular weight is 240 g/mol. The van der Waals surface area contributed by atoms with Crippen LogP contribution in [0.15, 0.2) is 0 Å². The normalized spacial score (nSPS) is 43.8. The molecule has 3 rings (SSSR count). The highest BCUT2D eigenvalue weighted by molar-refractivity contribution is 5.77. The van der Waals surface area contributed by atoms with Gasteiger partial charge >= 0.3 is 5.97 Å². The Bertz CT molecular complexity index is 334. The number of fused-ring (bicyclic) bond motifs is 2. The maximum atomic E-state index is 11.8. The summed E-state index contributed by atoms with van der Waals surface area (Å²) in [5, 5.41) is 20.6. The van der Waals surface area contributed by atoms with Crippen molar-refractivity contribution in [2.45, 2.75) is 44.1 Å². The molecule has 3 unspecified atom stereocenters. The zero-order valence-electron chi connectivity index (χ0n) is 10.0. The molecule has 4 heteroatoms. The van der Waals surface area contributed by atoms with Crippen LogP contribution < -0.4 is 0 Å². The summed E-state index contributed by atoms with van der Waals surface area (Å²) in [5.41, 5.74) is -1.93. The first-order valence-electron chi connectivity index (χ1n) is 6.62. The minimum Gasteiger partial charge on any atom is -0.481 e. The highest BCUT2D eigenvalue weighted by atomic mass is 16.5. The van der Waals surface area contributed by atoms with Gasteiger partial charge in [0, 0.05) is 26.1 Å². The number of hydrogen-bond acceptors (Lipinski definition) is 3. The van der Waals surface area contributed by atoms with Crippen LogP contribution in [0.25, 0.3) is 0 Å². The van der Waals surface area contributed by atoms with E-state index in [1.165, 1.54) is 0 Å². The molecule has 3 aliphatic rings. The van der Waals surface area contributed by atoms with E-state index in [0.29, 0.717) is 38.4 Å². The van der Waals surface area contributed by atoms with E-state index in [2.05, 4.69) is 0 Å². The molecule has 0 radical (unpaired) electrons. The third-order valence-electron chi connectivity index (χ3n) is 5.38. The Morgan fingerprint density at radius 1 is 1.24 bits per heavy atom. The summed E-state index contributed by atoms with van der Waals surface area (Å²) in [6.45, 7) is 0.978. The van der Waals surface area contributed by atoms with Gasteiger partial charge in [-0.15, -0.1) is 0 Å². The predicted molar refractivity (Wildman–Crippen MR) is 60.5 cm³/mol. The predicted octanol–water partition coefficient (Wildman–Crippen LogP) is 1.42. The van der Waals surface area contributed by atoms with Crippen LogP contribution in [0.4, 0.5) is 0 Å². The lowest BCUT2D eigenvalue weighted by molar-refractivity contribution is -0.194. The number of aliphatic carboxylic acids is 1. The Morgan fingerprint density at radius 3 is 2.41 bits per heavy atom. The van der Waals surface area contributed by atoms with E-state index in [4.69, 9.17) is 4.74 Å². The van der Waals surface area contributed by atoms with E-state index in [1.54, 1.807) is 0 Å². The average Bonchev–Trinajstić information content (AvgIpc) is 2.90. The van der Waals surface area contributed by atoms with Crippen molar-refractivity contribution in [3.63, 3.8) is 0 Å². The van der Waals surface area contributed by atoms with Crippen LogP contribution in [0.5, 0.6) is 0 Å². The van der Waals surface area contributed by atoms with E-state index in [1.807, 2.05) is 0 Å². The Morgan fingerprint density at radius 2 is 1.94 bits per heavy atom. The Labute approximate surface area is 101 Å². The minimum atomic E-state index is -1.04. The van der Waals surface area contributed by atoms with Crippen molar-refractivity contribution < 1.29 is 19.7 Å². The van der Waals surface area contributed by atoms with Gasteiger partial charge in [-0.2, -0.15) is 0 Å². The lowest BCUT2D eigenvalue weighted by atomic mass is 9.59. The molecule has 17 heavy (non-hydrogen) atoms. The minimum absolute atomic E-state index is 0.174. The van der Waals surface area contributed by atoms with Gasteiger partial charge in [-0.3, -0.25) is 4.79 Å². The van der Waals surface area contributed by atoms with Crippen molar-refractivity contribution in [3.8, 4) is 0 Å². The van der Waals surface area contributed by atoms with E-state index < -0.39 is 17.0 Å². The van der Waals surface area contributed by atoms with Crippen molar-refractivity contribution in [1.82, 2.24) is 0 Å². The molecule has 1 aliphatic heterocycles. The van der Waals surface area contributed by atoms with Gasteiger partial charge in [0.2, 0.25) is 0 Å². The standard InChI is InChI=1S/C13H20O4/c14-11(15)13(8-9-1-2-10(13)7-9)12(16)3-5-17-6-4-12/h9-10,16H,1-8H2,(H,14,15). The molecule has 2 saturated carbocycles. The van der Waals surface area contributed by atoms with Crippen LogP contribution in [0.2, 0.25) is 0 Å². The molecule has 2 N–H and O–H groups in total. The molecule has 0 amide bonds. The summed E-state index contributed by atoms with van der Waals surface area (Å²) in [6, 6.07) is 0. The van der Waals surface area contributed by atoms with Crippen molar-refractivity contribution in [1.29, 1.82) is 0 Å². The molecule has 0 spiro atoms. The van der Waals surface area contributed by atoms with Gasteiger partial charge in [-0.05, 0) is 31.1 Å². The maximum absolute atomic E-state index is 11.8. The van der Waals surface area contributed by atoms with Crippen LogP contribution in [0.3, 0.4) is 0 Å². The van der Waals surface area contributed by atoms with Gasteiger partial charge in [0.05, 0.1) is 11.0 Å². The quantitative estimate of drug-likeness (QED) is 0.766. The summed E-state index contributed by atoms with van der Waals surface area (Å²) >= 11 is 0. The Balaban J connectivity index is 1.97. The molecule has 1 heterocycles. The second kappa shape index (κ2) is 3.69. The number of aliphatic hydroxyl groups is 1. The summed E-state index contributed by atoms with van der Waals surface area (Å²) in [5.74, 6) is -0.0924. The smallest absolute Gasteiger partial charge is 0.312 e. The van der Waals surface area contributed by atoms with E-state index >= 15 is 0 Å². The molecule has 3 fully saturated rings.